The van der Waals surface area contributed by atoms with Gasteiger partial charge in [0.05, 0.1) is 25.3 Å². The van der Waals surface area contributed by atoms with E-state index < -0.39 is 0 Å². The summed E-state index contributed by atoms with van der Waals surface area (Å²) >= 11 is 0. The minimum absolute atomic E-state index is 0.0525. The van der Waals surface area contributed by atoms with Gasteiger partial charge in [0.1, 0.15) is 6.61 Å². The lowest BCUT2D eigenvalue weighted by Gasteiger charge is -2.34. The zero-order chi connectivity index (χ0) is 14.7. The van der Waals surface area contributed by atoms with Gasteiger partial charge >= 0.3 is 6.09 Å². The number of aryl methyl sites for hydroxylation is 2. The number of hydrogen-bond acceptors (Lipinski definition) is 4. The zero-order valence-corrected chi connectivity index (χ0v) is 12.5. The molecule has 5 heteroatoms. The first-order chi connectivity index (χ1) is 9.44. The highest BCUT2D eigenvalue weighted by atomic mass is 16.6. The molecular weight excluding hydrogens is 256 g/mol. The van der Waals surface area contributed by atoms with Crippen LogP contribution in [0.1, 0.15) is 30.8 Å². The van der Waals surface area contributed by atoms with Crippen molar-refractivity contribution in [2.24, 2.45) is 0 Å². The number of morpholine rings is 1. The summed E-state index contributed by atoms with van der Waals surface area (Å²) in [7, 11) is 0. The maximum Gasteiger partial charge on any atom is 0.410 e. The first kappa shape index (κ1) is 14.8. The Bertz CT molecular complexity index is 460. The Hall–Kier alpha value is -1.62. The topological polar surface area (TPSA) is 51.7 Å². The average molecular weight is 278 g/mol. The van der Waals surface area contributed by atoms with Crippen molar-refractivity contribution >= 4 is 6.09 Å². The highest BCUT2D eigenvalue weighted by molar-refractivity contribution is 5.67. The lowest BCUT2D eigenvalue weighted by Crippen LogP contribution is -2.48. The van der Waals surface area contributed by atoms with Crippen LogP contribution in [0, 0.1) is 13.8 Å². The maximum absolute atomic E-state index is 12.1. The van der Waals surface area contributed by atoms with Crippen LogP contribution in [0.4, 0.5) is 4.79 Å². The molecule has 1 amide bonds. The number of carbonyl (C=O) groups is 1. The fourth-order valence-corrected chi connectivity index (χ4v) is 2.57. The third-order valence-electron chi connectivity index (χ3n) is 3.18. The standard InChI is InChI=1S/C15H22N2O3/c1-10-5-14(6-11(2)16-10)9-19-15(18)17-7-12(3)20-13(4)8-17/h5-6,12-13H,7-9H2,1-4H3/t12-,13+. The number of nitrogens with zero attached hydrogens (tertiary/aromatic N) is 2. The van der Waals surface area contributed by atoms with Gasteiger partial charge in [0.25, 0.3) is 0 Å². The molecular formula is C15H22N2O3. The first-order valence-electron chi connectivity index (χ1n) is 6.95. The van der Waals surface area contributed by atoms with Crippen LogP contribution in [0.5, 0.6) is 0 Å². The molecule has 0 spiro atoms. The normalized spacial score (nSPS) is 22.7. The smallest absolute Gasteiger partial charge is 0.410 e. The van der Waals surface area contributed by atoms with Gasteiger partial charge in [0.15, 0.2) is 0 Å². The summed E-state index contributed by atoms with van der Waals surface area (Å²) in [6.07, 6.45) is -0.174. The molecule has 1 aliphatic heterocycles. The Morgan fingerprint density at radius 1 is 1.30 bits per heavy atom. The predicted molar refractivity (Wildman–Crippen MR) is 75.5 cm³/mol. The van der Waals surface area contributed by atoms with E-state index >= 15 is 0 Å². The third kappa shape index (κ3) is 3.93. The Kier molecular flexibility index (Phi) is 4.60. The van der Waals surface area contributed by atoms with Crippen LogP contribution >= 0.6 is 0 Å². The van der Waals surface area contributed by atoms with Gasteiger partial charge in [-0.05, 0) is 45.4 Å². The minimum Gasteiger partial charge on any atom is -0.445 e. The molecule has 0 aromatic carbocycles. The van der Waals surface area contributed by atoms with Gasteiger partial charge in [-0.15, -0.1) is 0 Å². The molecule has 5 nitrogen and oxygen atoms in total. The van der Waals surface area contributed by atoms with E-state index in [9.17, 15) is 4.79 Å². The van der Waals surface area contributed by atoms with Crippen molar-refractivity contribution in [1.29, 1.82) is 0 Å². The van der Waals surface area contributed by atoms with Gasteiger partial charge < -0.3 is 14.4 Å². The zero-order valence-electron chi connectivity index (χ0n) is 12.5. The Morgan fingerprint density at radius 3 is 2.40 bits per heavy atom. The third-order valence-corrected chi connectivity index (χ3v) is 3.18. The van der Waals surface area contributed by atoms with Crippen LogP contribution in [0.25, 0.3) is 0 Å². The molecule has 2 rings (SSSR count). The summed E-state index contributed by atoms with van der Waals surface area (Å²) in [5, 5.41) is 0. The molecule has 0 bridgehead atoms. The molecule has 2 atom stereocenters. The molecule has 1 aromatic rings. The maximum atomic E-state index is 12.1. The Labute approximate surface area is 119 Å². The number of rotatable bonds is 2. The van der Waals surface area contributed by atoms with E-state index in [-0.39, 0.29) is 24.9 Å². The Morgan fingerprint density at radius 2 is 1.85 bits per heavy atom. The summed E-state index contributed by atoms with van der Waals surface area (Å²) in [5.74, 6) is 0. The largest absolute Gasteiger partial charge is 0.445 e. The van der Waals surface area contributed by atoms with Crippen LogP contribution < -0.4 is 0 Å². The van der Waals surface area contributed by atoms with E-state index in [0.717, 1.165) is 17.0 Å². The summed E-state index contributed by atoms with van der Waals surface area (Å²) in [5.41, 5.74) is 2.84. The molecule has 1 fully saturated rings. The average Bonchev–Trinajstić information content (AvgIpc) is 2.33. The second kappa shape index (κ2) is 6.22. The Balaban J connectivity index is 1.91. The fraction of sp³-hybridized carbons (Fsp3) is 0.600. The summed E-state index contributed by atoms with van der Waals surface area (Å²) in [6, 6.07) is 3.87. The van der Waals surface area contributed by atoms with Crippen LogP contribution in [-0.4, -0.2) is 41.3 Å². The van der Waals surface area contributed by atoms with E-state index in [4.69, 9.17) is 9.47 Å². The molecule has 0 unspecified atom stereocenters. The van der Waals surface area contributed by atoms with Crippen molar-refractivity contribution in [2.75, 3.05) is 13.1 Å². The lowest BCUT2D eigenvalue weighted by atomic mass is 10.2. The number of hydrogen-bond donors (Lipinski definition) is 0. The molecule has 110 valence electrons. The molecule has 1 saturated heterocycles. The first-order valence-corrected chi connectivity index (χ1v) is 6.95. The van der Waals surface area contributed by atoms with E-state index in [2.05, 4.69) is 4.98 Å². The number of carbonyl (C=O) groups excluding carboxylic acids is 1. The highest BCUT2D eigenvalue weighted by Crippen LogP contribution is 2.13. The van der Waals surface area contributed by atoms with Crippen LogP contribution in [0.2, 0.25) is 0 Å². The van der Waals surface area contributed by atoms with Crippen LogP contribution in [0.15, 0.2) is 12.1 Å². The SMILES string of the molecule is Cc1cc(COC(=O)N2C[C@@H](C)O[C@@H](C)C2)cc(C)n1. The summed E-state index contributed by atoms with van der Waals surface area (Å²) in [4.78, 5) is 18.1. The number of amides is 1. The monoisotopic (exact) mass is 278 g/mol. The van der Waals surface area contributed by atoms with Crippen molar-refractivity contribution in [3.63, 3.8) is 0 Å². The summed E-state index contributed by atoms with van der Waals surface area (Å²) in [6.45, 7) is 9.24. The molecule has 0 saturated carbocycles. The number of aromatic nitrogens is 1. The quantitative estimate of drug-likeness (QED) is 0.834. The van der Waals surface area contributed by atoms with Crippen molar-refractivity contribution in [2.45, 2.75) is 46.5 Å². The van der Waals surface area contributed by atoms with Crippen LogP contribution in [-0.2, 0) is 16.1 Å². The predicted octanol–water partition coefficient (Wildman–Crippen LogP) is 2.44. The van der Waals surface area contributed by atoms with E-state index in [1.54, 1.807) is 4.90 Å². The molecule has 2 heterocycles. The van der Waals surface area contributed by atoms with Gasteiger partial charge in [-0.25, -0.2) is 4.79 Å². The highest BCUT2D eigenvalue weighted by Gasteiger charge is 2.26. The lowest BCUT2D eigenvalue weighted by molar-refractivity contribution is -0.0644. The molecule has 0 aliphatic carbocycles. The van der Waals surface area contributed by atoms with Gasteiger partial charge in [0.2, 0.25) is 0 Å². The second-order valence-electron chi connectivity index (χ2n) is 5.48. The van der Waals surface area contributed by atoms with Crippen LogP contribution in [0.3, 0.4) is 0 Å². The molecule has 20 heavy (non-hydrogen) atoms. The number of pyridine rings is 1. The van der Waals surface area contributed by atoms with Crippen molar-refractivity contribution in [3.05, 3.63) is 29.1 Å². The molecule has 0 N–H and O–H groups in total. The van der Waals surface area contributed by atoms with Crippen molar-refractivity contribution in [1.82, 2.24) is 9.88 Å². The van der Waals surface area contributed by atoms with E-state index in [0.29, 0.717) is 13.1 Å². The van der Waals surface area contributed by atoms with E-state index in [1.807, 2.05) is 39.8 Å². The molecule has 1 aliphatic rings. The molecule has 0 radical (unpaired) electrons. The number of ether oxygens (including phenoxy) is 2. The fourth-order valence-electron chi connectivity index (χ4n) is 2.57. The second-order valence-corrected chi connectivity index (χ2v) is 5.48. The van der Waals surface area contributed by atoms with Gasteiger partial charge in [-0.2, -0.15) is 0 Å². The van der Waals surface area contributed by atoms with E-state index in [1.165, 1.54) is 0 Å². The summed E-state index contributed by atoms with van der Waals surface area (Å²) < 4.78 is 11.0. The van der Waals surface area contributed by atoms with Crippen molar-refractivity contribution < 1.29 is 14.3 Å². The van der Waals surface area contributed by atoms with Crippen molar-refractivity contribution in [3.8, 4) is 0 Å². The van der Waals surface area contributed by atoms with Gasteiger partial charge in [0, 0.05) is 11.4 Å². The van der Waals surface area contributed by atoms with Gasteiger partial charge in [-0.3, -0.25) is 4.98 Å². The molecule has 1 aromatic heterocycles. The minimum atomic E-state index is -0.279. The van der Waals surface area contributed by atoms with Gasteiger partial charge in [-0.1, -0.05) is 0 Å².